The fraction of sp³-hybridized carbons (Fsp3) is 0.250. The number of aromatic nitrogens is 2. The summed E-state index contributed by atoms with van der Waals surface area (Å²) in [5.74, 6) is 0.905. The normalized spacial score (nSPS) is 15.5. The van der Waals surface area contributed by atoms with Crippen molar-refractivity contribution >= 4 is 16.5 Å². The molecule has 0 amide bonds. The molecule has 0 saturated heterocycles. The van der Waals surface area contributed by atoms with Crippen molar-refractivity contribution in [2.75, 3.05) is 20.2 Å². The molecule has 0 aliphatic carbocycles. The number of aromatic amines is 1. The van der Waals surface area contributed by atoms with Crippen LogP contribution in [0.1, 0.15) is 17.7 Å². The van der Waals surface area contributed by atoms with Gasteiger partial charge in [0.15, 0.2) is 0 Å². The molecule has 4 rings (SSSR count). The minimum atomic E-state index is 0.885. The highest BCUT2D eigenvalue weighted by atomic mass is 16.5. The predicted octanol–water partition coefficient (Wildman–Crippen LogP) is 3.86. The lowest BCUT2D eigenvalue weighted by Crippen LogP contribution is -2.28. The molecule has 24 heavy (non-hydrogen) atoms. The summed E-state index contributed by atoms with van der Waals surface area (Å²) in [5.41, 5.74) is 4.95. The van der Waals surface area contributed by atoms with Crippen LogP contribution in [0.4, 0.5) is 0 Å². The second-order valence-corrected chi connectivity index (χ2v) is 6.16. The molecule has 1 N–H and O–H groups in total. The minimum Gasteiger partial charge on any atom is -0.497 e. The van der Waals surface area contributed by atoms with Crippen LogP contribution in [-0.2, 0) is 6.54 Å². The zero-order valence-electron chi connectivity index (χ0n) is 13.8. The average molecular weight is 319 g/mol. The van der Waals surface area contributed by atoms with E-state index in [1.54, 1.807) is 7.11 Å². The van der Waals surface area contributed by atoms with Gasteiger partial charge in [0.25, 0.3) is 0 Å². The Morgan fingerprint density at radius 2 is 1.96 bits per heavy atom. The summed E-state index contributed by atoms with van der Waals surface area (Å²) in [6.07, 6.45) is 3.40. The lowest BCUT2D eigenvalue weighted by Gasteiger charge is -2.25. The predicted molar refractivity (Wildman–Crippen MR) is 97.0 cm³/mol. The van der Waals surface area contributed by atoms with Gasteiger partial charge in [-0.2, -0.15) is 5.10 Å². The topological polar surface area (TPSA) is 41.1 Å². The Morgan fingerprint density at radius 1 is 1.12 bits per heavy atom. The first-order valence-electron chi connectivity index (χ1n) is 8.31. The Kier molecular flexibility index (Phi) is 4.05. The van der Waals surface area contributed by atoms with Crippen LogP contribution in [0.3, 0.4) is 0 Å². The number of para-hydroxylation sites is 1. The van der Waals surface area contributed by atoms with Crippen molar-refractivity contribution in [2.45, 2.75) is 13.0 Å². The third kappa shape index (κ3) is 2.93. The molecule has 0 saturated carbocycles. The largest absolute Gasteiger partial charge is 0.497 e. The van der Waals surface area contributed by atoms with Gasteiger partial charge in [-0.3, -0.25) is 10.00 Å². The van der Waals surface area contributed by atoms with Crippen molar-refractivity contribution in [3.8, 4) is 5.75 Å². The minimum absolute atomic E-state index is 0.885. The van der Waals surface area contributed by atoms with Crippen LogP contribution in [0.25, 0.3) is 16.5 Å². The van der Waals surface area contributed by atoms with Crippen molar-refractivity contribution in [2.24, 2.45) is 0 Å². The molecule has 4 nitrogen and oxygen atoms in total. The van der Waals surface area contributed by atoms with E-state index in [0.717, 1.165) is 43.0 Å². The van der Waals surface area contributed by atoms with E-state index in [-0.39, 0.29) is 0 Å². The highest BCUT2D eigenvalue weighted by Crippen LogP contribution is 2.25. The summed E-state index contributed by atoms with van der Waals surface area (Å²) >= 11 is 0. The van der Waals surface area contributed by atoms with Crippen LogP contribution >= 0.6 is 0 Å². The number of rotatable bonds is 4. The summed E-state index contributed by atoms with van der Waals surface area (Å²) in [6, 6.07) is 16.6. The molecular weight excluding hydrogens is 298 g/mol. The molecule has 0 bridgehead atoms. The van der Waals surface area contributed by atoms with Crippen LogP contribution in [0.2, 0.25) is 0 Å². The quantitative estimate of drug-likeness (QED) is 0.794. The molecule has 2 aromatic carbocycles. The molecule has 0 fully saturated rings. The molecule has 1 aliphatic rings. The number of ether oxygens (including phenoxy) is 1. The highest BCUT2D eigenvalue weighted by molar-refractivity contribution is 5.81. The molecule has 1 aliphatic heterocycles. The van der Waals surface area contributed by atoms with Gasteiger partial charge in [-0.1, -0.05) is 36.4 Å². The Hall–Kier alpha value is -2.59. The maximum absolute atomic E-state index is 5.23. The fourth-order valence-electron chi connectivity index (χ4n) is 3.27. The number of hydrogen-bond donors (Lipinski definition) is 1. The number of nitrogens with zero attached hydrogens (tertiary/aromatic N) is 2. The third-order valence-corrected chi connectivity index (χ3v) is 4.68. The number of benzene rings is 2. The van der Waals surface area contributed by atoms with Crippen molar-refractivity contribution in [1.29, 1.82) is 0 Å². The van der Waals surface area contributed by atoms with Crippen molar-refractivity contribution in [3.05, 3.63) is 65.9 Å². The molecule has 2 heterocycles. The first-order valence-corrected chi connectivity index (χ1v) is 8.31. The number of hydrogen-bond acceptors (Lipinski definition) is 3. The zero-order valence-corrected chi connectivity index (χ0v) is 13.8. The molecule has 0 atom stereocenters. The standard InChI is InChI=1S/C20H21N3O/c1-24-17-8-6-15(7-9-17)16-10-12-23(13-11-16)14-20-18-4-2-3-5-19(18)21-22-20/h2-10H,11-14H2,1H3,(H,21,22). The maximum Gasteiger partial charge on any atom is 0.118 e. The van der Waals surface area contributed by atoms with Gasteiger partial charge in [0.1, 0.15) is 5.75 Å². The Morgan fingerprint density at radius 3 is 2.71 bits per heavy atom. The van der Waals surface area contributed by atoms with E-state index in [1.807, 2.05) is 18.2 Å². The SMILES string of the molecule is COc1ccc(C2=CCN(Cc3n[nH]c4ccccc34)CC2)cc1. The van der Waals surface area contributed by atoms with Gasteiger partial charge in [0.2, 0.25) is 0 Å². The van der Waals surface area contributed by atoms with Gasteiger partial charge in [-0.05, 0) is 35.8 Å². The number of nitrogens with one attached hydrogen (secondary N) is 1. The van der Waals surface area contributed by atoms with E-state index in [4.69, 9.17) is 4.74 Å². The first-order chi connectivity index (χ1) is 11.8. The van der Waals surface area contributed by atoms with Gasteiger partial charge >= 0.3 is 0 Å². The summed E-state index contributed by atoms with van der Waals surface area (Å²) in [7, 11) is 1.70. The summed E-state index contributed by atoms with van der Waals surface area (Å²) in [4.78, 5) is 2.44. The lowest BCUT2D eigenvalue weighted by atomic mass is 9.99. The molecule has 0 unspecified atom stereocenters. The molecule has 1 aromatic heterocycles. The van der Waals surface area contributed by atoms with Gasteiger partial charge in [0, 0.05) is 25.0 Å². The van der Waals surface area contributed by atoms with Gasteiger partial charge in [0.05, 0.1) is 18.3 Å². The second-order valence-electron chi connectivity index (χ2n) is 6.16. The molecule has 4 heteroatoms. The maximum atomic E-state index is 5.23. The van der Waals surface area contributed by atoms with Gasteiger partial charge < -0.3 is 4.74 Å². The number of fused-ring (bicyclic) bond motifs is 1. The van der Waals surface area contributed by atoms with Crippen molar-refractivity contribution in [1.82, 2.24) is 15.1 Å². The van der Waals surface area contributed by atoms with E-state index in [9.17, 15) is 0 Å². The Labute approximate surface area is 141 Å². The molecule has 0 spiro atoms. The van der Waals surface area contributed by atoms with E-state index < -0.39 is 0 Å². The number of H-pyrrole nitrogens is 1. The number of methoxy groups -OCH3 is 1. The molecule has 3 aromatic rings. The summed E-state index contributed by atoms with van der Waals surface area (Å²) < 4.78 is 5.23. The van der Waals surface area contributed by atoms with Crippen LogP contribution in [-0.4, -0.2) is 35.3 Å². The Bertz CT molecular complexity index is 864. The molecular formula is C20H21N3O. The van der Waals surface area contributed by atoms with Crippen LogP contribution in [0.15, 0.2) is 54.6 Å². The lowest BCUT2D eigenvalue weighted by molar-refractivity contribution is 0.291. The first kappa shape index (κ1) is 15.0. The van der Waals surface area contributed by atoms with Crippen LogP contribution in [0, 0.1) is 0 Å². The molecule has 0 radical (unpaired) electrons. The fourth-order valence-corrected chi connectivity index (χ4v) is 3.27. The van der Waals surface area contributed by atoms with Gasteiger partial charge in [-0.25, -0.2) is 0 Å². The average Bonchev–Trinajstić information content (AvgIpc) is 3.06. The monoisotopic (exact) mass is 319 g/mol. The highest BCUT2D eigenvalue weighted by Gasteiger charge is 2.15. The van der Waals surface area contributed by atoms with Crippen LogP contribution < -0.4 is 4.74 Å². The second kappa shape index (κ2) is 6.49. The van der Waals surface area contributed by atoms with Crippen molar-refractivity contribution in [3.63, 3.8) is 0 Å². The smallest absolute Gasteiger partial charge is 0.118 e. The van der Waals surface area contributed by atoms with E-state index in [0.29, 0.717) is 0 Å². The van der Waals surface area contributed by atoms with Crippen LogP contribution in [0.5, 0.6) is 5.75 Å². The van der Waals surface area contributed by atoms with Gasteiger partial charge in [-0.15, -0.1) is 0 Å². The summed E-state index contributed by atoms with van der Waals surface area (Å²) in [6.45, 7) is 2.90. The van der Waals surface area contributed by atoms with E-state index in [1.165, 1.54) is 16.5 Å². The van der Waals surface area contributed by atoms with E-state index >= 15 is 0 Å². The third-order valence-electron chi connectivity index (χ3n) is 4.68. The van der Waals surface area contributed by atoms with E-state index in [2.05, 4.69) is 51.5 Å². The zero-order chi connectivity index (χ0) is 16.4. The Balaban J connectivity index is 1.46. The van der Waals surface area contributed by atoms with Crippen molar-refractivity contribution < 1.29 is 4.74 Å². The molecule has 122 valence electrons. The summed E-state index contributed by atoms with van der Waals surface area (Å²) in [5, 5.41) is 8.83.